The SMILES string of the molecule is Cc1cc(NC(=O)COC(=O)CCNS(=O)(=O)c2ccc(C)c(C)c2)no1. The Morgan fingerprint density at radius 2 is 1.89 bits per heavy atom. The van der Waals surface area contributed by atoms with E-state index in [0.717, 1.165) is 11.1 Å². The van der Waals surface area contributed by atoms with Gasteiger partial charge in [-0.25, -0.2) is 13.1 Å². The van der Waals surface area contributed by atoms with E-state index >= 15 is 0 Å². The molecule has 9 nitrogen and oxygen atoms in total. The van der Waals surface area contributed by atoms with Crippen LogP contribution in [0.3, 0.4) is 0 Å². The number of amides is 1. The van der Waals surface area contributed by atoms with Crippen molar-refractivity contribution in [3.8, 4) is 0 Å². The first-order valence-corrected chi connectivity index (χ1v) is 9.61. The van der Waals surface area contributed by atoms with Crippen LogP contribution in [0.1, 0.15) is 23.3 Å². The highest BCUT2D eigenvalue weighted by atomic mass is 32.2. The third-order valence-electron chi connectivity index (χ3n) is 3.67. The Morgan fingerprint density at radius 3 is 2.52 bits per heavy atom. The fourth-order valence-corrected chi connectivity index (χ4v) is 3.19. The van der Waals surface area contributed by atoms with Crippen molar-refractivity contribution < 1.29 is 27.3 Å². The summed E-state index contributed by atoms with van der Waals surface area (Å²) in [5.41, 5.74) is 1.84. The second-order valence-corrected chi connectivity index (χ2v) is 7.69. The van der Waals surface area contributed by atoms with Gasteiger partial charge in [0, 0.05) is 12.6 Å². The van der Waals surface area contributed by atoms with Gasteiger partial charge in [-0.3, -0.25) is 9.59 Å². The Balaban J connectivity index is 1.74. The Morgan fingerprint density at radius 1 is 1.15 bits per heavy atom. The molecule has 1 heterocycles. The van der Waals surface area contributed by atoms with E-state index in [1.54, 1.807) is 19.1 Å². The van der Waals surface area contributed by atoms with Gasteiger partial charge in [-0.05, 0) is 44.0 Å². The summed E-state index contributed by atoms with van der Waals surface area (Å²) in [6.45, 7) is 4.72. The molecule has 0 radical (unpaired) electrons. The number of rotatable bonds is 8. The van der Waals surface area contributed by atoms with Crippen LogP contribution >= 0.6 is 0 Å². The summed E-state index contributed by atoms with van der Waals surface area (Å²) in [6.07, 6.45) is -0.208. The molecular formula is C17H21N3O6S. The fraction of sp³-hybridized carbons (Fsp3) is 0.353. The molecule has 0 atom stereocenters. The van der Waals surface area contributed by atoms with E-state index in [1.807, 2.05) is 13.8 Å². The lowest BCUT2D eigenvalue weighted by Gasteiger charge is -2.09. The van der Waals surface area contributed by atoms with Gasteiger partial charge in [0.05, 0.1) is 11.3 Å². The number of nitrogens with zero attached hydrogens (tertiary/aromatic N) is 1. The fourth-order valence-electron chi connectivity index (χ4n) is 2.07. The highest BCUT2D eigenvalue weighted by molar-refractivity contribution is 7.89. The Hall–Kier alpha value is -2.72. The second-order valence-electron chi connectivity index (χ2n) is 5.93. The predicted octanol–water partition coefficient (Wildman–Crippen LogP) is 1.45. The zero-order chi connectivity index (χ0) is 20.0. The number of esters is 1. The van der Waals surface area contributed by atoms with Gasteiger partial charge in [0.15, 0.2) is 12.4 Å². The number of hydrogen-bond acceptors (Lipinski definition) is 7. The summed E-state index contributed by atoms with van der Waals surface area (Å²) in [4.78, 5) is 23.4. The van der Waals surface area contributed by atoms with Gasteiger partial charge in [0.1, 0.15) is 5.76 Å². The average molecular weight is 395 g/mol. The number of aryl methyl sites for hydroxylation is 3. The lowest BCUT2D eigenvalue weighted by Crippen LogP contribution is -2.28. The monoisotopic (exact) mass is 395 g/mol. The first kappa shape index (κ1) is 20.6. The van der Waals surface area contributed by atoms with Crippen molar-refractivity contribution in [2.75, 3.05) is 18.5 Å². The number of anilines is 1. The quantitative estimate of drug-likeness (QED) is 0.648. The molecule has 27 heavy (non-hydrogen) atoms. The lowest BCUT2D eigenvalue weighted by atomic mass is 10.1. The van der Waals surface area contributed by atoms with Crippen LogP contribution in [-0.4, -0.2) is 38.6 Å². The normalized spacial score (nSPS) is 11.2. The molecule has 0 saturated heterocycles. The molecule has 2 aromatic rings. The van der Waals surface area contributed by atoms with Crippen molar-refractivity contribution in [1.29, 1.82) is 0 Å². The Kier molecular flexibility index (Phi) is 6.70. The molecule has 1 aromatic heterocycles. The van der Waals surface area contributed by atoms with Gasteiger partial charge in [0.2, 0.25) is 10.0 Å². The minimum Gasteiger partial charge on any atom is -0.456 e. The number of aromatic nitrogens is 1. The van der Waals surface area contributed by atoms with Crippen molar-refractivity contribution in [1.82, 2.24) is 9.88 Å². The van der Waals surface area contributed by atoms with Crippen molar-refractivity contribution in [2.24, 2.45) is 0 Å². The number of sulfonamides is 1. The molecule has 0 bridgehead atoms. The molecule has 2 N–H and O–H groups in total. The van der Waals surface area contributed by atoms with Crippen molar-refractivity contribution in [3.05, 3.63) is 41.2 Å². The van der Waals surface area contributed by atoms with Gasteiger partial charge >= 0.3 is 5.97 Å². The summed E-state index contributed by atoms with van der Waals surface area (Å²) in [7, 11) is -3.72. The third-order valence-corrected chi connectivity index (χ3v) is 5.13. The van der Waals surface area contributed by atoms with Gasteiger partial charge in [-0.1, -0.05) is 11.2 Å². The van der Waals surface area contributed by atoms with Crippen molar-refractivity contribution in [3.63, 3.8) is 0 Å². The lowest BCUT2D eigenvalue weighted by molar-refractivity contribution is -0.147. The third kappa shape index (κ3) is 6.19. The number of carbonyl (C=O) groups excluding carboxylic acids is 2. The molecule has 2 rings (SSSR count). The van der Waals surface area contributed by atoms with Crippen LogP contribution in [0.4, 0.5) is 5.82 Å². The smallest absolute Gasteiger partial charge is 0.307 e. The molecule has 10 heteroatoms. The summed E-state index contributed by atoms with van der Waals surface area (Å²) in [6, 6.07) is 6.29. The molecule has 146 valence electrons. The Labute approximate surface area is 157 Å². The molecule has 1 aromatic carbocycles. The highest BCUT2D eigenvalue weighted by Gasteiger charge is 2.16. The molecule has 0 fully saturated rings. The summed E-state index contributed by atoms with van der Waals surface area (Å²) < 4.78 is 36.3. The molecular weight excluding hydrogens is 374 g/mol. The van der Waals surface area contributed by atoms with Crippen LogP contribution in [0.2, 0.25) is 0 Å². The summed E-state index contributed by atoms with van der Waals surface area (Å²) >= 11 is 0. The van der Waals surface area contributed by atoms with E-state index < -0.39 is 28.5 Å². The molecule has 0 aliphatic heterocycles. The van der Waals surface area contributed by atoms with E-state index in [2.05, 4.69) is 15.2 Å². The summed E-state index contributed by atoms with van der Waals surface area (Å²) in [5, 5.41) is 5.97. The topological polar surface area (TPSA) is 128 Å². The second kappa shape index (κ2) is 8.78. The molecule has 0 saturated carbocycles. The van der Waals surface area contributed by atoms with E-state index in [-0.39, 0.29) is 23.7 Å². The van der Waals surface area contributed by atoms with E-state index in [4.69, 9.17) is 9.26 Å². The highest BCUT2D eigenvalue weighted by Crippen LogP contribution is 2.14. The van der Waals surface area contributed by atoms with Crippen molar-refractivity contribution >= 4 is 27.7 Å². The average Bonchev–Trinajstić information content (AvgIpc) is 3.00. The van der Waals surface area contributed by atoms with Crippen LogP contribution in [0.5, 0.6) is 0 Å². The van der Waals surface area contributed by atoms with Gasteiger partial charge in [-0.15, -0.1) is 0 Å². The number of benzene rings is 1. The molecule has 0 aliphatic rings. The molecule has 1 amide bonds. The van der Waals surface area contributed by atoms with Gasteiger partial charge < -0.3 is 14.6 Å². The van der Waals surface area contributed by atoms with E-state index in [1.165, 1.54) is 12.1 Å². The number of ether oxygens (including phenoxy) is 1. The predicted molar refractivity (Wildman–Crippen MR) is 96.6 cm³/mol. The summed E-state index contributed by atoms with van der Waals surface area (Å²) in [5.74, 6) is -0.537. The molecule has 0 spiro atoms. The van der Waals surface area contributed by atoms with Crippen LogP contribution in [0.25, 0.3) is 0 Å². The molecule has 0 aliphatic carbocycles. The van der Waals surface area contributed by atoms with Crippen LogP contribution in [-0.2, 0) is 24.3 Å². The van der Waals surface area contributed by atoms with E-state index in [9.17, 15) is 18.0 Å². The standard InChI is InChI=1S/C17H21N3O6S/c1-11-4-5-14(8-12(11)2)27(23,24)18-7-6-17(22)25-10-16(21)19-15-9-13(3)26-20-15/h4-5,8-9,18H,6-7,10H2,1-3H3,(H,19,20,21). The zero-order valence-corrected chi connectivity index (χ0v) is 16.1. The van der Waals surface area contributed by atoms with Crippen LogP contribution in [0.15, 0.2) is 33.7 Å². The Bertz CT molecular complexity index is 936. The van der Waals surface area contributed by atoms with Crippen LogP contribution < -0.4 is 10.0 Å². The first-order valence-electron chi connectivity index (χ1n) is 8.13. The van der Waals surface area contributed by atoms with Gasteiger partial charge in [0.25, 0.3) is 5.91 Å². The zero-order valence-electron chi connectivity index (χ0n) is 15.2. The number of nitrogens with one attached hydrogen (secondary N) is 2. The largest absolute Gasteiger partial charge is 0.456 e. The maximum absolute atomic E-state index is 12.2. The van der Waals surface area contributed by atoms with Crippen LogP contribution in [0, 0.1) is 20.8 Å². The number of hydrogen-bond donors (Lipinski definition) is 2. The van der Waals surface area contributed by atoms with E-state index in [0.29, 0.717) is 5.76 Å². The number of carbonyl (C=O) groups is 2. The first-order chi connectivity index (χ1) is 12.7. The maximum atomic E-state index is 12.2. The van der Waals surface area contributed by atoms with Gasteiger partial charge in [-0.2, -0.15) is 0 Å². The minimum absolute atomic E-state index is 0.126. The maximum Gasteiger partial charge on any atom is 0.307 e. The minimum atomic E-state index is -3.72. The molecule has 0 unspecified atom stereocenters. The van der Waals surface area contributed by atoms with Crippen molar-refractivity contribution in [2.45, 2.75) is 32.1 Å².